The van der Waals surface area contributed by atoms with Crippen LogP contribution < -0.4 is 0 Å². The zero-order valence-corrected chi connectivity index (χ0v) is 14.6. The van der Waals surface area contributed by atoms with Gasteiger partial charge in [0.15, 0.2) is 0 Å². The summed E-state index contributed by atoms with van der Waals surface area (Å²) in [5.74, 6) is 0.689. The molecule has 0 aliphatic heterocycles. The van der Waals surface area contributed by atoms with Crippen LogP contribution in [0.2, 0.25) is 0 Å². The number of benzene rings is 2. The van der Waals surface area contributed by atoms with Crippen LogP contribution in [0, 0.1) is 5.82 Å². The van der Waals surface area contributed by atoms with E-state index in [0.717, 1.165) is 18.6 Å². The van der Waals surface area contributed by atoms with Crippen LogP contribution in [0.3, 0.4) is 0 Å². The highest BCUT2D eigenvalue weighted by Gasteiger charge is 2.35. The standard InChI is InChI=1S/C20H22FNOS/c1-15(24-14-16-7-3-2-4-8-16)20(23)22(18-11-12-18)13-17-9-5-6-10-19(17)21/h2-10,15,18H,11-14H2,1H3. The van der Waals surface area contributed by atoms with Crippen molar-refractivity contribution in [2.24, 2.45) is 0 Å². The number of halogens is 1. The van der Waals surface area contributed by atoms with Gasteiger partial charge in [0.05, 0.1) is 5.25 Å². The molecule has 0 N–H and O–H groups in total. The van der Waals surface area contributed by atoms with Gasteiger partial charge in [0, 0.05) is 23.9 Å². The Bertz CT molecular complexity index is 687. The van der Waals surface area contributed by atoms with Crippen molar-refractivity contribution in [2.75, 3.05) is 0 Å². The fourth-order valence-corrected chi connectivity index (χ4v) is 3.60. The van der Waals surface area contributed by atoms with E-state index < -0.39 is 0 Å². The lowest BCUT2D eigenvalue weighted by molar-refractivity contribution is -0.131. The van der Waals surface area contributed by atoms with E-state index in [9.17, 15) is 9.18 Å². The van der Waals surface area contributed by atoms with Crippen LogP contribution in [0.25, 0.3) is 0 Å². The molecule has 0 spiro atoms. The van der Waals surface area contributed by atoms with E-state index >= 15 is 0 Å². The lowest BCUT2D eigenvalue weighted by Gasteiger charge is -2.26. The summed E-state index contributed by atoms with van der Waals surface area (Å²) in [7, 11) is 0. The maximum Gasteiger partial charge on any atom is 0.235 e. The van der Waals surface area contributed by atoms with Crippen molar-refractivity contribution in [3.8, 4) is 0 Å². The molecular formula is C20H22FNOS. The molecule has 1 aliphatic rings. The average molecular weight is 343 g/mol. The van der Waals surface area contributed by atoms with Gasteiger partial charge in [-0.25, -0.2) is 4.39 Å². The predicted octanol–water partition coefficient (Wildman–Crippen LogP) is 4.64. The van der Waals surface area contributed by atoms with Gasteiger partial charge in [-0.15, -0.1) is 11.8 Å². The van der Waals surface area contributed by atoms with Gasteiger partial charge in [-0.2, -0.15) is 0 Å². The molecule has 1 saturated carbocycles. The molecule has 1 aliphatic carbocycles. The van der Waals surface area contributed by atoms with Gasteiger partial charge in [0.2, 0.25) is 5.91 Å². The summed E-state index contributed by atoms with van der Waals surface area (Å²) in [6.07, 6.45) is 2.05. The Morgan fingerprint density at radius 2 is 1.83 bits per heavy atom. The summed E-state index contributed by atoms with van der Waals surface area (Å²) in [5, 5.41) is -0.127. The van der Waals surface area contributed by atoms with E-state index in [2.05, 4.69) is 12.1 Å². The van der Waals surface area contributed by atoms with E-state index in [0.29, 0.717) is 12.1 Å². The molecule has 0 heterocycles. The third-order valence-corrected chi connectivity index (χ3v) is 5.46. The molecular weight excluding hydrogens is 321 g/mol. The van der Waals surface area contributed by atoms with Gasteiger partial charge in [-0.3, -0.25) is 4.79 Å². The zero-order chi connectivity index (χ0) is 16.9. The van der Waals surface area contributed by atoms with Gasteiger partial charge >= 0.3 is 0 Å². The van der Waals surface area contributed by atoms with Crippen LogP contribution in [0.5, 0.6) is 0 Å². The largest absolute Gasteiger partial charge is 0.334 e. The first kappa shape index (κ1) is 17.0. The molecule has 1 unspecified atom stereocenters. The molecule has 3 rings (SSSR count). The fourth-order valence-electron chi connectivity index (χ4n) is 2.68. The summed E-state index contributed by atoms with van der Waals surface area (Å²) in [6, 6.07) is 17.2. The highest BCUT2D eigenvalue weighted by atomic mass is 32.2. The normalized spacial score (nSPS) is 15.1. The molecule has 0 bridgehead atoms. The lowest BCUT2D eigenvalue weighted by Crippen LogP contribution is -2.38. The maximum atomic E-state index is 13.9. The number of carbonyl (C=O) groups excluding carboxylic acids is 1. The molecule has 0 aromatic heterocycles. The fraction of sp³-hybridized carbons (Fsp3) is 0.350. The van der Waals surface area contributed by atoms with Crippen LogP contribution in [0.1, 0.15) is 30.9 Å². The van der Waals surface area contributed by atoms with Crippen LogP contribution in [-0.2, 0) is 17.1 Å². The Labute approximate surface area is 147 Å². The molecule has 0 saturated heterocycles. The Kier molecular flexibility index (Phi) is 5.56. The SMILES string of the molecule is CC(SCc1ccccc1)C(=O)N(Cc1ccccc1F)C1CC1. The van der Waals surface area contributed by atoms with Crippen molar-refractivity contribution < 1.29 is 9.18 Å². The van der Waals surface area contributed by atoms with E-state index in [4.69, 9.17) is 0 Å². The van der Waals surface area contributed by atoms with Gasteiger partial charge in [-0.05, 0) is 31.4 Å². The lowest BCUT2D eigenvalue weighted by atomic mass is 10.2. The molecule has 4 heteroatoms. The number of carbonyl (C=O) groups is 1. The first-order chi connectivity index (χ1) is 11.6. The van der Waals surface area contributed by atoms with E-state index in [-0.39, 0.29) is 23.0 Å². The summed E-state index contributed by atoms with van der Waals surface area (Å²) in [6.45, 7) is 2.32. The third kappa shape index (κ3) is 4.38. The van der Waals surface area contributed by atoms with E-state index in [1.165, 1.54) is 11.6 Å². The van der Waals surface area contributed by atoms with Crippen molar-refractivity contribution in [3.63, 3.8) is 0 Å². The summed E-state index contributed by atoms with van der Waals surface area (Å²) in [4.78, 5) is 14.7. The van der Waals surface area contributed by atoms with Crippen molar-refractivity contribution in [3.05, 3.63) is 71.5 Å². The number of nitrogens with zero attached hydrogens (tertiary/aromatic N) is 1. The Morgan fingerprint density at radius 3 is 2.50 bits per heavy atom. The Hall–Kier alpha value is -1.81. The molecule has 2 nitrogen and oxygen atoms in total. The molecule has 24 heavy (non-hydrogen) atoms. The second kappa shape index (κ2) is 7.84. The van der Waals surface area contributed by atoms with Crippen LogP contribution in [-0.4, -0.2) is 22.1 Å². The number of hydrogen-bond acceptors (Lipinski definition) is 2. The minimum absolute atomic E-state index is 0.113. The van der Waals surface area contributed by atoms with Crippen molar-refractivity contribution in [1.29, 1.82) is 0 Å². The first-order valence-corrected chi connectivity index (χ1v) is 9.39. The smallest absolute Gasteiger partial charge is 0.235 e. The quantitative estimate of drug-likeness (QED) is 0.730. The third-order valence-electron chi connectivity index (χ3n) is 4.26. The van der Waals surface area contributed by atoms with Gasteiger partial charge in [-0.1, -0.05) is 48.5 Å². The minimum atomic E-state index is -0.236. The Morgan fingerprint density at radius 1 is 1.17 bits per heavy atom. The first-order valence-electron chi connectivity index (χ1n) is 8.34. The number of thioether (sulfide) groups is 1. The molecule has 0 radical (unpaired) electrons. The molecule has 2 aromatic rings. The van der Waals surface area contributed by atoms with Crippen molar-refractivity contribution in [1.82, 2.24) is 4.90 Å². The molecule has 2 aromatic carbocycles. The second-order valence-electron chi connectivity index (χ2n) is 6.23. The van der Waals surface area contributed by atoms with Gasteiger partial charge < -0.3 is 4.90 Å². The highest BCUT2D eigenvalue weighted by Crippen LogP contribution is 2.31. The summed E-state index contributed by atoms with van der Waals surface area (Å²) < 4.78 is 13.9. The second-order valence-corrected chi connectivity index (χ2v) is 7.56. The van der Waals surface area contributed by atoms with E-state index in [1.54, 1.807) is 23.9 Å². The van der Waals surface area contributed by atoms with E-state index in [1.807, 2.05) is 36.1 Å². The topological polar surface area (TPSA) is 20.3 Å². The zero-order valence-electron chi connectivity index (χ0n) is 13.8. The molecule has 126 valence electrons. The van der Waals surface area contributed by atoms with Crippen LogP contribution >= 0.6 is 11.8 Å². The Balaban J connectivity index is 1.62. The molecule has 1 atom stereocenters. The number of amides is 1. The molecule has 1 amide bonds. The van der Waals surface area contributed by atoms with Crippen LogP contribution in [0.4, 0.5) is 4.39 Å². The van der Waals surface area contributed by atoms with Gasteiger partial charge in [0.25, 0.3) is 0 Å². The average Bonchev–Trinajstić information content (AvgIpc) is 3.44. The van der Waals surface area contributed by atoms with Gasteiger partial charge in [0.1, 0.15) is 5.82 Å². The van der Waals surface area contributed by atoms with Crippen molar-refractivity contribution in [2.45, 2.75) is 43.4 Å². The monoisotopic (exact) mass is 343 g/mol. The van der Waals surface area contributed by atoms with Crippen molar-refractivity contribution >= 4 is 17.7 Å². The summed E-state index contributed by atoms with van der Waals surface area (Å²) >= 11 is 1.64. The highest BCUT2D eigenvalue weighted by molar-refractivity contribution is 7.99. The summed E-state index contributed by atoms with van der Waals surface area (Å²) in [5.41, 5.74) is 1.81. The number of rotatable bonds is 7. The number of hydrogen-bond donors (Lipinski definition) is 0. The van der Waals surface area contributed by atoms with Crippen LogP contribution in [0.15, 0.2) is 54.6 Å². The molecule has 1 fully saturated rings. The minimum Gasteiger partial charge on any atom is -0.334 e. The predicted molar refractivity (Wildman–Crippen MR) is 97.2 cm³/mol. The maximum absolute atomic E-state index is 13.9.